The van der Waals surface area contributed by atoms with E-state index >= 15 is 0 Å². The molecule has 4 aliphatic rings. The van der Waals surface area contributed by atoms with Crippen molar-refractivity contribution in [2.24, 2.45) is 0 Å². The molecule has 0 amide bonds. The second-order valence-corrected chi connectivity index (χ2v) is 75.9. The number of hydrogen-bond donors (Lipinski definition) is 2. The van der Waals surface area contributed by atoms with E-state index in [0.717, 1.165) is 58.1 Å². The molecule has 0 aromatic heterocycles. The summed E-state index contributed by atoms with van der Waals surface area (Å²) in [5.74, 6) is 2.42. The number of benzene rings is 10. The monoisotopic (exact) mass is 2340 g/mol. The van der Waals surface area contributed by atoms with E-state index in [1.54, 1.807) is 27.7 Å². The predicted molar refractivity (Wildman–Crippen MR) is 711 cm³/mol. The van der Waals surface area contributed by atoms with Crippen LogP contribution in [0.5, 0.6) is 23.0 Å². The minimum Gasteiger partial charge on any atom is -0.508 e. The van der Waals surface area contributed by atoms with E-state index in [9.17, 15) is 10.2 Å². The van der Waals surface area contributed by atoms with Gasteiger partial charge < -0.3 is 65.3 Å². The number of phenolic OH excluding ortho intramolecular Hbond substituents is 2. The molecule has 2 heterocycles. The number of epoxide rings is 2. The molecule has 8 nitrogen and oxygen atoms in total. The molecule has 0 spiro atoms. The summed E-state index contributed by atoms with van der Waals surface area (Å²) in [7, 11) is -10.2. The Balaban J connectivity index is -0.0000000749. The zero-order valence-corrected chi connectivity index (χ0v) is 95.0. The van der Waals surface area contributed by atoms with Crippen LogP contribution >= 0.6 is 0 Å². The molecule has 0 saturated carbocycles. The number of aromatic hydroxyl groups is 2. The van der Waals surface area contributed by atoms with Crippen LogP contribution < -0.4 is 30.2 Å². The molecule has 2 fully saturated rings. The van der Waals surface area contributed by atoms with Crippen molar-refractivity contribution >= 4 is 86.3 Å². The maximum absolute atomic E-state index is 10.2. The fourth-order valence-corrected chi connectivity index (χ4v) is 38.2. The predicted octanol–water partition coefficient (Wildman–Crippen LogP) is 42.0. The van der Waals surface area contributed by atoms with Crippen molar-refractivity contribution in [3.05, 3.63) is 313 Å². The average molecular weight is 2340 g/mol. The number of rotatable bonds is 26. The van der Waals surface area contributed by atoms with Crippen molar-refractivity contribution in [3.63, 3.8) is 0 Å². The zero-order chi connectivity index (χ0) is 88.2. The van der Waals surface area contributed by atoms with Gasteiger partial charge in [-0.3, -0.25) is 0 Å². The molecule has 148 heavy (non-hydrogen) atoms. The first-order valence-corrected chi connectivity index (χ1v) is 69.7. The maximum atomic E-state index is 10.2. The fourth-order valence-electron chi connectivity index (χ4n) is 16.8. The van der Waals surface area contributed by atoms with Gasteiger partial charge in [0.25, 0.3) is 0 Å². The molecule has 2 unspecified atom stereocenters. The third-order valence-corrected chi connectivity index (χ3v) is 52.1. The van der Waals surface area contributed by atoms with E-state index in [2.05, 4.69) is 367 Å². The first kappa shape index (κ1) is 191. The molecule has 2 N–H and O–H groups in total. The second kappa shape index (κ2) is 80.9. The van der Waals surface area contributed by atoms with Crippen LogP contribution in [0, 0.1) is 55.6 Å². The topological polar surface area (TPSA) is 102 Å². The van der Waals surface area contributed by atoms with Gasteiger partial charge in [0.1, 0.15) is 48.4 Å². The van der Waals surface area contributed by atoms with E-state index in [4.69, 9.17) is 27.2 Å². The molecule has 0 bridgehead atoms. The number of hydrogen-bond acceptors (Lipinski definition) is 8. The van der Waals surface area contributed by atoms with Gasteiger partial charge in [-0.25, -0.2) is 0 Å². The van der Waals surface area contributed by atoms with Gasteiger partial charge in [0, 0.05) is 73.7 Å². The smallest absolute Gasteiger partial charge is 0.173 e. The van der Waals surface area contributed by atoms with E-state index in [0.29, 0.717) is 24.7 Å². The van der Waals surface area contributed by atoms with Gasteiger partial charge in [0.15, 0.2) is 25.0 Å². The van der Waals surface area contributed by atoms with E-state index in [-0.39, 0.29) is 271 Å². The van der Waals surface area contributed by atoms with Crippen LogP contribution in [0.2, 0.25) is 141 Å². The van der Waals surface area contributed by atoms with Crippen molar-refractivity contribution < 1.29 is 103 Å². The minimum atomic E-state index is -1.50. The summed E-state index contributed by atoms with van der Waals surface area (Å²) in [6.07, 6.45) is 3.05. The first-order chi connectivity index (χ1) is 56.4. The molecule has 14 rings (SSSR count). The number of ether oxygens (including phenoxy) is 4. The normalized spacial score (nSPS) is 12.5. The molecule has 858 valence electrons. The standard InChI is InChI=1S/C33H30O4.C27H22O2.C15H28Si2.C13H23Si2.C9H24OSi2.C7H19OSi2.24CH4.2CH3.2Y/c1-21-15-23(11-13-31(21)36-19-25-17-34-25)33(24-12-14-32(22(2)16-24)37-20-26-18-35-26)29-9-5-3-7-27(29)28-8-4-6-10-30(28)33;1-17-15-19(11-13-25(17)28)27(20-12-14-26(29)18(2)16-20)23-9-5-3-7-21(23)22-8-4-6-10-24(22)27;1-7-13-17(5,6)15-11-9-14(10-12-15)16(3,4)8-2;1-7-15(5,6)13-10-8-12(9-11-13)14(2,3)4;1-7-9-12(5,6)10-11(3,4)8-2;1-7-10(5,6)8-9(2,3)4;;;;;;;;;;;;;;;;;;;;;;;;;;;;/h3-16,25-26H,17-20H2,1-2H3;3-16,28-29H,1-2H3;9-12H,7-8,13H2,1-6H3;8-11H,2,7H2,1,3-6H3;7-9H2,1-6H3;2,7H2,1,3-6H3;24*1H4;2*1H3;;/q;;;-1;;-1;;;;;;;;;;;;;;;;;;;;;;;;;2*-1;;. The Morgan fingerprint density at radius 1 is 0.297 bits per heavy atom. The van der Waals surface area contributed by atoms with Crippen LogP contribution in [0.1, 0.15) is 299 Å². The molecule has 2 atom stereocenters. The Labute approximate surface area is 988 Å². The second-order valence-electron chi connectivity index (χ2n) is 39.0. The van der Waals surface area contributed by atoms with Crippen molar-refractivity contribution in [1.29, 1.82) is 0 Å². The first-order valence-electron chi connectivity index (χ1n) is 44.4. The molecule has 10 aromatic carbocycles. The number of phenols is 2. The Morgan fingerprint density at radius 3 is 0.750 bits per heavy atom. The Kier molecular flexibility index (Phi) is 104. The fraction of sp³-hybridized carbons (Fsp3) is 0.508. The van der Waals surface area contributed by atoms with Crippen molar-refractivity contribution in [3.8, 4) is 45.3 Å². The van der Waals surface area contributed by atoms with Gasteiger partial charge in [0.05, 0.1) is 48.3 Å². The number of aryl methyl sites for hydroxylation is 4. The molecular weight excluding hydrogens is 2090 g/mol. The van der Waals surface area contributed by atoms with Gasteiger partial charge in [-0.1, -0.05) is 539 Å². The Morgan fingerprint density at radius 2 is 0.534 bits per heavy atom. The van der Waals surface area contributed by atoms with Gasteiger partial charge in [-0.15, -0.1) is 0 Å². The largest absolute Gasteiger partial charge is 0.508 e. The molecule has 2 saturated heterocycles. The van der Waals surface area contributed by atoms with Crippen LogP contribution in [0.3, 0.4) is 0 Å². The van der Waals surface area contributed by atoms with Crippen molar-refractivity contribution in [2.75, 3.05) is 26.4 Å². The van der Waals surface area contributed by atoms with E-state index in [1.807, 2.05) is 26.0 Å². The van der Waals surface area contributed by atoms with Gasteiger partial charge in [-0.05, 0) is 198 Å². The molecule has 2 aliphatic carbocycles. The molecule has 18 heteroatoms. The van der Waals surface area contributed by atoms with Crippen LogP contribution in [-0.2, 0) is 94.0 Å². The number of fused-ring (bicyclic) bond motifs is 6. The summed E-state index contributed by atoms with van der Waals surface area (Å²) in [5, 5.41) is 26.6. The summed E-state index contributed by atoms with van der Waals surface area (Å²) in [6, 6.07) is 86.5. The van der Waals surface area contributed by atoms with Crippen LogP contribution in [0.4, 0.5) is 0 Å². The summed E-state index contributed by atoms with van der Waals surface area (Å²) in [4.78, 5) is 0. The van der Waals surface area contributed by atoms with Crippen LogP contribution in [-0.4, -0.2) is 114 Å². The SMILES string of the molecule is C.C.C.C.C.C.C.C.C.C.C.C.C.C.C.C.C.C.C.C.C.C.C.C.CCC[Si](C)(C)O[Si](C)(C)CC.CCC[Si](C)(C)c1ccc([Si](C)(C)CC)cc1.Cc1cc(C2(c3ccc(O)c(C)c3)c3ccccc3-c3ccccc32)ccc1O.Cc1cc(C2(c3ccc(OCC4CO4)c(C)c3)c3ccccc3-c3ccccc32)ccc1OCC1CO1.[CH2-][Si](C)(C)O[Si](C)(C)CC.[CH2-][Si](C)(C)c1ccc([Si](C)(C)CC)cc1.[CH3-].[CH3-].[Y].[Y]. The Hall–Kier alpha value is -4.82. The van der Waals surface area contributed by atoms with Crippen LogP contribution in [0.25, 0.3) is 22.3 Å². The maximum Gasteiger partial charge on any atom is 0.173 e. The minimum absolute atomic E-state index is 0. The third kappa shape index (κ3) is 48.5. The third-order valence-electron chi connectivity index (χ3n) is 25.2. The van der Waals surface area contributed by atoms with Gasteiger partial charge in [0.2, 0.25) is 0 Å². The summed E-state index contributed by atoms with van der Waals surface area (Å²) >= 11 is 0. The van der Waals surface area contributed by atoms with E-state index < -0.39 is 76.4 Å². The molecule has 2 radical (unpaired) electrons. The van der Waals surface area contributed by atoms with Crippen molar-refractivity contribution in [1.82, 2.24) is 0 Å². The molecule has 2 aliphatic heterocycles. The van der Waals surface area contributed by atoms with E-state index in [1.165, 1.54) is 110 Å². The summed E-state index contributed by atoms with van der Waals surface area (Å²) in [6.45, 7) is 70.5. The molecular formula is C130H248O8Si8Y2-4. The Bertz CT molecular complexity index is 4830. The quantitative estimate of drug-likeness (QED) is 0.0314. The van der Waals surface area contributed by atoms with Gasteiger partial charge >= 0.3 is 0 Å². The average Bonchev–Trinajstić information content (AvgIpc) is 1.54. The summed E-state index contributed by atoms with van der Waals surface area (Å²) < 4.78 is 35.1. The summed E-state index contributed by atoms with van der Waals surface area (Å²) in [5.41, 5.74) is 17.7. The molecule has 10 aromatic rings. The van der Waals surface area contributed by atoms with Crippen molar-refractivity contribution in [2.45, 2.75) is 424 Å². The zero-order valence-electron chi connectivity index (χ0n) is 81.3. The van der Waals surface area contributed by atoms with Gasteiger partial charge in [-0.2, -0.15) is 0 Å². The van der Waals surface area contributed by atoms with Crippen LogP contribution in [0.15, 0.2) is 218 Å².